The Morgan fingerprint density at radius 2 is 2.00 bits per heavy atom. The number of nitrogens with zero attached hydrogens (tertiary/aromatic N) is 4. The number of aryl methyl sites for hydroxylation is 2. The molecule has 0 spiro atoms. The summed E-state index contributed by atoms with van der Waals surface area (Å²) in [6, 6.07) is 8.40. The second-order valence-electron chi connectivity index (χ2n) is 7.59. The lowest BCUT2D eigenvalue weighted by molar-refractivity contribution is -0.135. The summed E-state index contributed by atoms with van der Waals surface area (Å²) >= 11 is 0. The van der Waals surface area contributed by atoms with Crippen molar-refractivity contribution in [2.45, 2.75) is 31.8 Å². The number of benzene rings is 1. The van der Waals surface area contributed by atoms with E-state index in [0.717, 1.165) is 31.0 Å². The van der Waals surface area contributed by atoms with Crippen molar-refractivity contribution >= 4 is 11.6 Å². The van der Waals surface area contributed by atoms with E-state index in [1.165, 1.54) is 12.1 Å². The van der Waals surface area contributed by atoms with Gasteiger partial charge < -0.3 is 10.2 Å². The highest BCUT2D eigenvalue weighted by atomic mass is 19.1. The fourth-order valence-electron chi connectivity index (χ4n) is 3.80. The lowest BCUT2D eigenvalue weighted by Gasteiger charge is -2.43. The fourth-order valence-corrected chi connectivity index (χ4v) is 3.80. The van der Waals surface area contributed by atoms with Gasteiger partial charge in [-0.25, -0.2) is 4.39 Å². The van der Waals surface area contributed by atoms with Crippen LogP contribution in [0.3, 0.4) is 0 Å². The van der Waals surface area contributed by atoms with Crippen molar-refractivity contribution in [2.24, 2.45) is 7.05 Å². The molecule has 0 aliphatic carbocycles. The summed E-state index contributed by atoms with van der Waals surface area (Å²) in [5, 5.41) is 7.74. The number of hydrogen-bond donors (Lipinski definition) is 1. The third kappa shape index (κ3) is 4.30. The van der Waals surface area contributed by atoms with Gasteiger partial charge in [0.05, 0.1) is 11.4 Å². The number of halogens is 1. The van der Waals surface area contributed by atoms with Crippen molar-refractivity contribution in [3.63, 3.8) is 0 Å². The van der Waals surface area contributed by atoms with Gasteiger partial charge in [-0.2, -0.15) is 5.10 Å². The predicted molar refractivity (Wildman–Crippen MR) is 104 cm³/mol. The van der Waals surface area contributed by atoms with E-state index in [9.17, 15) is 9.18 Å². The topological polar surface area (TPSA) is 53.4 Å². The number of likely N-dealkylation sites (tertiary alicyclic amines) is 1. The third-order valence-electron chi connectivity index (χ3n) is 5.22. The van der Waals surface area contributed by atoms with Gasteiger partial charge in [0.15, 0.2) is 0 Å². The normalized spacial score (nSPS) is 16.9. The van der Waals surface area contributed by atoms with Gasteiger partial charge in [-0.15, -0.1) is 0 Å². The number of piperidine rings is 1. The number of likely N-dealkylation sites (N-methyl/N-ethyl adjacent to an activating group) is 1. The van der Waals surface area contributed by atoms with E-state index in [1.807, 2.05) is 18.7 Å². The first-order valence-corrected chi connectivity index (χ1v) is 9.26. The zero-order chi connectivity index (χ0) is 19.6. The molecule has 1 saturated heterocycles. The van der Waals surface area contributed by atoms with E-state index in [4.69, 9.17) is 0 Å². The number of carbonyl (C=O) groups excluding carboxylic acids is 1. The molecule has 1 fully saturated rings. The predicted octanol–water partition coefficient (Wildman–Crippen LogP) is 2.40. The van der Waals surface area contributed by atoms with Gasteiger partial charge in [0.25, 0.3) is 0 Å². The molecule has 1 aromatic carbocycles. The molecule has 1 aliphatic heterocycles. The molecule has 0 radical (unpaired) electrons. The summed E-state index contributed by atoms with van der Waals surface area (Å²) in [4.78, 5) is 16.9. The van der Waals surface area contributed by atoms with Gasteiger partial charge in [-0.05, 0) is 44.0 Å². The Labute approximate surface area is 160 Å². The number of rotatable bonds is 5. The maximum atomic E-state index is 13.6. The minimum absolute atomic E-state index is 0.0304. The molecular formula is C20H28FN5O. The van der Waals surface area contributed by atoms with Crippen molar-refractivity contribution in [1.29, 1.82) is 0 Å². The Morgan fingerprint density at radius 3 is 2.56 bits per heavy atom. The minimum Gasteiger partial charge on any atom is -0.371 e. The molecule has 2 aromatic rings. The number of aromatic nitrogens is 2. The fraction of sp³-hybridized carbons (Fsp3) is 0.500. The molecule has 7 heteroatoms. The minimum atomic E-state index is -0.712. The summed E-state index contributed by atoms with van der Waals surface area (Å²) in [6.07, 6.45) is 1.33. The molecular weight excluding hydrogens is 345 g/mol. The number of nitrogens with one attached hydrogen (secondary N) is 1. The van der Waals surface area contributed by atoms with Crippen LogP contribution in [0.1, 0.15) is 24.2 Å². The number of hydrogen-bond acceptors (Lipinski definition) is 4. The van der Waals surface area contributed by atoms with E-state index < -0.39 is 5.54 Å². The quantitative estimate of drug-likeness (QED) is 0.875. The van der Waals surface area contributed by atoms with E-state index >= 15 is 0 Å². The van der Waals surface area contributed by atoms with Crippen LogP contribution in [0.4, 0.5) is 10.1 Å². The van der Waals surface area contributed by atoms with Crippen molar-refractivity contribution < 1.29 is 9.18 Å². The second-order valence-corrected chi connectivity index (χ2v) is 7.59. The Morgan fingerprint density at radius 1 is 1.30 bits per heavy atom. The Bertz CT molecular complexity index is 808. The van der Waals surface area contributed by atoms with Crippen LogP contribution in [0, 0.1) is 12.7 Å². The molecule has 0 saturated carbocycles. The summed E-state index contributed by atoms with van der Waals surface area (Å²) in [5.74, 6) is -0.278. The molecule has 27 heavy (non-hydrogen) atoms. The largest absolute Gasteiger partial charge is 0.371 e. The van der Waals surface area contributed by atoms with E-state index in [1.54, 1.807) is 31.1 Å². The Kier molecular flexibility index (Phi) is 5.51. The molecule has 1 amide bonds. The van der Waals surface area contributed by atoms with Crippen LogP contribution in [0.25, 0.3) is 0 Å². The third-order valence-corrected chi connectivity index (χ3v) is 5.22. The molecule has 0 atom stereocenters. The molecule has 1 aromatic heterocycles. The number of amides is 1. The Balaban J connectivity index is 1.74. The molecule has 0 bridgehead atoms. The smallest absolute Gasteiger partial charge is 0.247 e. The van der Waals surface area contributed by atoms with Gasteiger partial charge in [-0.3, -0.25) is 14.4 Å². The van der Waals surface area contributed by atoms with Crippen molar-refractivity contribution in [3.05, 3.63) is 47.5 Å². The van der Waals surface area contributed by atoms with Gasteiger partial charge in [0.1, 0.15) is 11.4 Å². The standard InChI is InChI=1S/C20H28FN5O/c1-15-12-18(25(4)23-15)14-26-10-8-20(9-11-26,19(27)24(2)3)22-17-7-5-6-16(21)13-17/h5-7,12-13,22H,8-11,14H2,1-4H3. The first-order chi connectivity index (χ1) is 12.8. The zero-order valence-electron chi connectivity index (χ0n) is 16.5. The van der Waals surface area contributed by atoms with Crippen molar-refractivity contribution in [1.82, 2.24) is 19.6 Å². The molecule has 3 rings (SSSR count). The summed E-state index contributed by atoms with van der Waals surface area (Å²) < 4.78 is 15.5. The van der Waals surface area contributed by atoms with Crippen LogP contribution in [0.15, 0.2) is 30.3 Å². The highest BCUT2D eigenvalue weighted by molar-refractivity contribution is 5.89. The van der Waals surface area contributed by atoms with Crippen LogP contribution in [-0.4, -0.2) is 58.2 Å². The van der Waals surface area contributed by atoms with Gasteiger partial charge >= 0.3 is 0 Å². The maximum absolute atomic E-state index is 13.6. The van der Waals surface area contributed by atoms with E-state index in [2.05, 4.69) is 21.4 Å². The molecule has 0 unspecified atom stereocenters. The molecule has 146 valence electrons. The highest BCUT2D eigenvalue weighted by Gasteiger charge is 2.42. The average molecular weight is 373 g/mol. The van der Waals surface area contributed by atoms with Crippen LogP contribution in [-0.2, 0) is 18.4 Å². The number of anilines is 1. The lowest BCUT2D eigenvalue weighted by atomic mass is 9.85. The monoisotopic (exact) mass is 373 g/mol. The lowest BCUT2D eigenvalue weighted by Crippen LogP contribution is -2.57. The van der Waals surface area contributed by atoms with Crippen LogP contribution in [0.5, 0.6) is 0 Å². The zero-order valence-corrected chi connectivity index (χ0v) is 16.5. The van der Waals surface area contributed by atoms with E-state index in [-0.39, 0.29) is 11.7 Å². The first-order valence-electron chi connectivity index (χ1n) is 9.26. The SMILES string of the molecule is Cc1cc(CN2CCC(Nc3cccc(F)c3)(C(=O)N(C)C)CC2)n(C)n1. The van der Waals surface area contributed by atoms with E-state index in [0.29, 0.717) is 18.5 Å². The van der Waals surface area contributed by atoms with Crippen LogP contribution in [0.2, 0.25) is 0 Å². The second kappa shape index (κ2) is 7.68. The van der Waals surface area contributed by atoms with Gasteiger partial charge in [-0.1, -0.05) is 6.07 Å². The van der Waals surface area contributed by atoms with Crippen LogP contribution < -0.4 is 5.32 Å². The highest BCUT2D eigenvalue weighted by Crippen LogP contribution is 2.30. The number of carbonyl (C=O) groups is 1. The molecule has 1 N–H and O–H groups in total. The summed E-state index contributed by atoms with van der Waals surface area (Å²) in [7, 11) is 5.49. The summed E-state index contributed by atoms with van der Waals surface area (Å²) in [5.41, 5.74) is 2.10. The van der Waals surface area contributed by atoms with Crippen molar-refractivity contribution in [3.8, 4) is 0 Å². The Hall–Kier alpha value is -2.41. The van der Waals surface area contributed by atoms with Gasteiger partial charge in [0.2, 0.25) is 5.91 Å². The maximum Gasteiger partial charge on any atom is 0.247 e. The molecule has 6 nitrogen and oxygen atoms in total. The molecule has 2 heterocycles. The molecule has 1 aliphatic rings. The van der Waals surface area contributed by atoms with Crippen LogP contribution >= 0.6 is 0 Å². The van der Waals surface area contributed by atoms with Gasteiger partial charge in [0, 0.05) is 46.5 Å². The van der Waals surface area contributed by atoms with Crippen molar-refractivity contribution in [2.75, 3.05) is 32.5 Å². The first kappa shape index (κ1) is 19.4. The summed E-state index contributed by atoms with van der Waals surface area (Å²) in [6.45, 7) is 4.37. The average Bonchev–Trinajstić information content (AvgIpc) is 2.93.